The number of methoxy groups -OCH3 is 1. The fourth-order valence-electron chi connectivity index (χ4n) is 3.50. The fourth-order valence-corrected chi connectivity index (χ4v) is 5.90. The summed E-state index contributed by atoms with van der Waals surface area (Å²) in [4.78, 5) is 23.1. The van der Waals surface area contributed by atoms with E-state index >= 15 is 0 Å². The van der Waals surface area contributed by atoms with Crippen molar-refractivity contribution in [2.75, 3.05) is 42.6 Å². The predicted octanol–water partition coefficient (Wildman–Crippen LogP) is 1.79. The topological polar surface area (TPSA) is 156 Å². The number of nitrogens with zero attached hydrogens (tertiary/aromatic N) is 3. The zero-order valence-electron chi connectivity index (χ0n) is 18.5. The highest BCUT2D eigenvalue weighted by Crippen LogP contribution is 2.30. The van der Waals surface area contributed by atoms with E-state index in [1.54, 1.807) is 0 Å². The number of hydrogen-bond donors (Lipinski definition) is 1. The second-order valence-electron chi connectivity index (χ2n) is 7.57. The first-order chi connectivity index (χ1) is 15.9. The van der Waals surface area contributed by atoms with Crippen molar-refractivity contribution in [3.8, 4) is 5.75 Å². The van der Waals surface area contributed by atoms with Crippen LogP contribution in [0.2, 0.25) is 0 Å². The molecule has 2 aromatic carbocycles. The van der Waals surface area contributed by atoms with Crippen LogP contribution in [0.5, 0.6) is 5.75 Å². The summed E-state index contributed by atoms with van der Waals surface area (Å²) in [5, 5.41) is 13.5. The Kier molecular flexibility index (Phi) is 7.43. The highest BCUT2D eigenvalue weighted by molar-refractivity contribution is 7.92. The number of benzene rings is 2. The maximum absolute atomic E-state index is 12.9. The smallest absolute Gasteiger partial charge is 0.271 e. The zero-order chi connectivity index (χ0) is 25.1. The number of nitro groups is 1. The molecule has 0 aliphatic carbocycles. The minimum Gasteiger partial charge on any atom is -0.495 e. The van der Waals surface area contributed by atoms with Gasteiger partial charge in [0.15, 0.2) is 0 Å². The molecular formula is C20H24N4O8S2. The average Bonchev–Trinajstić information content (AvgIpc) is 3.32. The van der Waals surface area contributed by atoms with Crippen molar-refractivity contribution in [1.29, 1.82) is 0 Å². The summed E-state index contributed by atoms with van der Waals surface area (Å²) in [6.07, 6.45) is 2.39. The van der Waals surface area contributed by atoms with Crippen LogP contribution in [0, 0.1) is 10.1 Å². The van der Waals surface area contributed by atoms with E-state index in [2.05, 4.69) is 5.32 Å². The molecule has 0 radical (unpaired) electrons. The second kappa shape index (κ2) is 9.95. The molecule has 0 bridgehead atoms. The van der Waals surface area contributed by atoms with Crippen LogP contribution < -0.4 is 14.4 Å². The molecule has 184 valence electrons. The largest absolute Gasteiger partial charge is 0.495 e. The molecule has 34 heavy (non-hydrogen) atoms. The minimum atomic E-state index is -3.99. The summed E-state index contributed by atoms with van der Waals surface area (Å²) < 4.78 is 57.7. The molecule has 0 aromatic heterocycles. The van der Waals surface area contributed by atoms with Gasteiger partial charge in [0.25, 0.3) is 5.69 Å². The van der Waals surface area contributed by atoms with Gasteiger partial charge >= 0.3 is 0 Å². The molecule has 1 aliphatic rings. The van der Waals surface area contributed by atoms with E-state index in [4.69, 9.17) is 4.74 Å². The van der Waals surface area contributed by atoms with Crippen molar-refractivity contribution < 1.29 is 31.3 Å². The highest BCUT2D eigenvalue weighted by Gasteiger charge is 2.28. The monoisotopic (exact) mass is 512 g/mol. The Balaban J connectivity index is 1.88. The summed E-state index contributed by atoms with van der Waals surface area (Å²) in [5.74, 6) is -0.624. The molecule has 1 aliphatic heterocycles. The van der Waals surface area contributed by atoms with Gasteiger partial charge in [-0.15, -0.1) is 0 Å². The zero-order valence-corrected chi connectivity index (χ0v) is 20.1. The second-order valence-corrected chi connectivity index (χ2v) is 11.4. The van der Waals surface area contributed by atoms with Gasteiger partial charge in [-0.3, -0.25) is 19.2 Å². The van der Waals surface area contributed by atoms with Gasteiger partial charge in [-0.2, -0.15) is 4.31 Å². The molecule has 1 fully saturated rings. The number of anilines is 2. The molecular weight excluding hydrogens is 488 g/mol. The lowest BCUT2D eigenvalue weighted by Crippen LogP contribution is -2.37. The maximum Gasteiger partial charge on any atom is 0.271 e. The fraction of sp³-hybridized carbons (Fsp3) is 0.350. The van der Waals surface area contributed by atoms with Crippen LogP contribution in [-0.4, -0.2) is 65.0 Å². The predicted molar refractivity (Wildman–Crippen MR) is 125 cm³/mol. The molecule has 1 saturated heterocycles. The lowest BCUT2D eigenvalue weighted by atomic mass is 10.2. The van der Waals surface area contributed by atoms with Crippen LogP contribution in [0.25, 0.3) is 0 Å². The van der Waals surface area contributed by atoms with Gasteiger partial charge in [-0.1, -0.05) is 6.07 Å². The number of hydrogen-bond acceptors (Lipinski definition) is 8. The van der Waals surface area contributed by atoms with Crippen molar-refractivity contribution in [3.63, 3.8) is 0 Å². The Morgan fingerprint density at radius 3 is 2.41 bits per heavy atom. The van der Waals surface area contributed by atoms with E-state index in [0.717, 1.165) is 25.2 Å². The number of amides is 1. The molecule has 3 rings (SSSR count). The maximum atomic E-state index is 12.9. The van der Waals surface area contributed by atoms with Crippen molar-refractivity contribution in [1.82, 2.24) is 4.31 Å². The van der Waals surface area contributed by atoms with Crippen molar-refractivity contribution >= 4 is 43.0 Å². The average molecular weight is 513 g/mol. The van der Waals surface area contributed by atoms with E-state index in [-0.39, 0.29) is 27.7 Å². The quantitative estimate of drug-likeness (QED) is 0.394. The van der Waals surface area contributed by atoms with Crippen molar-refractivity contribution in [3.05, 3.63) is 52.6 Å². The third-order valence-electron chi connectivity index (χ3n) is 5.16. The number of carbonyl (C=O) groups excluding carboxylic acids is 1. The van der Waals surface area contributed by atoms with Crippen LogP contribution in [-0.2, 0) is 24.8 Å². The van der Waals surface area contributed by atoms with Crippen molar-refractivity contribution in [2.45, 2.75) is 17.7 Å². The number of nitro benzene ring substituents is 1. The lowest BCUT2D eigenvalue weighted by Gasteiger charge is -2.22. The number of non-ortho nitro benzene ring substituents is 1. The number of carbonyl (C=O) groups is 1. The number of ether oxygens (including phenoxy) is 1. The first-order valence-electron chi connectivity index (χ1n) is 10.1. The first-order valence-corrected chi connectivity index (χ1v) is 13.4. The van der Waals surface area contributed by atoms with Crippen molar-refractivity contribution in [2.24, 2.45) is 0 Å². The van der Waals surface area contributed by atoms with Crippen LogP contribution in [0.1, 0.15) is 12.8 Å². The number of rotatable bonds is 9. The van der Waals surface area contributed by atoms with Crippen LogP contribution in [0.3, 0.4) is 0 Å². The van der Waals surface area contributed by atoms with Gasteiger partial charge in [0.1, 0.15) is 12.3 Å². The summed E-state index contributed by atoms with van der Waals surface area (Å²) in [6, 6.07) is 8.88. The Morgan fingerprint density at radius 1 is 1.15 bits per heavy atom. The Hall–Kier alpha value is -3.23. The highest BCUT2D eigenvalue weighted by atomic mass is 32.2. The number of sulfonamides is 2. The van der Waals surface area contributed by atoms with Crippen LogP contribution >= 0.6 is 0 Å². The molecule has 14 heteroatoms. The van der Waals surface area contributed by atoms with Gasteiger partial charge in [0.05, 0.1) is 34.6 Å². The van der Waals surface area contributed by atoms with E-state index in [9.17, 15) is 31.7 Å². The van der Waals surface area contributed by atoms with Gasteiger partial charge in [0.2, 0.25) is 26.0 Å². The molecule has 0 atom stereocenters. The van der Waals surface area contributed by atoms with Gasteiger partial charge in [-0.25, -0.2) is 16.8 Å². The SMILES string of the molecule is COc1ccc(S(=O)(=O)N2CCCC2)cc1NC(=O)CN(c1cccc([N+](=O)[O-])c1)S(C)(=O)=O. The van der Waals surface area contributed by atoms with Gasteiger partial charge in [0, 0.05) is 25.2 Å². The molecule has 1 amide bonds. The molecule has 0 spiro atoms. The van der Waals surface area contributed by atoms with E-state index < -0.39 is 37.4 Å². The van der Waals surface area contributed by atoms with E-state index in [1.807, 2.05) is 0 Å². The molecule has 1 N–H and O–H groups in total. The third kappa shape index (κ3) is 5.63. The standard InChI is InChI=1S/C20H24N4O8S2/c1-32-19-9-8-17(34(30,31)22-10-3-4-11-22)13-18(19)21-20(25)14-23(33(2,28)29)15-6-5-7-16(12-15)24(26)27/h5-9,12-13H,3-4,10-11,14H2,1-2H3,(H,21,25). The first kappa shape index (κ1) is 25.4. The Morgan fingerprint density at radius 2 is 1.82 bits per heavy atom. The van der Waals surface area contributed by atoms with E-state index in [0.29, 0.717) is 17.4 Å². The third-order valence-corrected chi connectivity index (χ3v) is 8.20. The molecule has 0 unspecified atom stereocenters. The normalized spacial score (nSPS) is 14.5. The summed E-state index contributed by atoms with van der Waals surface area (Å²) in [5.41, 5.74) is -0.363. The lowest BCUT2D eigenvalue weighted by molar-refractivity contribution is -0.384. The number of nitrogens with one attached hydrogen (secondary N) is 1. The van der Waals surface area contributed by atoms with Gasteiger partial charge in [-0.05, 0) is 37.1 Å². The molecule has 1 heterocycles. The molecule has 12 nitrogen and oxygen atoms in total. The van der Waals surface area contributed by atoms with E-state index in [1.165, 1.54) is 47.8 Å². The summed E-state index contributed by atoms with van der Waals surface area (Å²) >= 11 is 0. The van der Waals surface area contributed by atoms with Crippen LogP contribution in [0.4, 0.5) is 17.1 Å². The summed E-state index contributed by atoms with van der Waals surface area (Å²) in [7, 11) is -6.42. The Labute approximate surface area is 197 Å². The molecule has 2 aromatic rings. The molecule has 0 saturated carbocycles. The minimum absolute atomic E-state index is 0.0378. The van der Waals surface area contributed by atoms with Gasteiger partial charge < -0.3 is 10.1 Å². The Bertz CT molecular complexity index is 1310. The summed E-state index contributed by atoms with van der Waals surface area (Å²) in [6.45, 7) is 0.109. The van der Waals surface area contributed by atoms with Crippen LogP contribution in [0.15, 0.2) is 47.4 Å².